The van der Waals surface area contributed by atoms with Gasteiger partial charge >= 0.3 is 0 Å². The van der Waals surface area contributed by atoms with E-state index in [2.05, 4.69) is 50.5 Å². The van der Waals surface area contributed by atoms with E-state index in [1.165, 1.54) is 5.56 Å². The molecule has 1 aliphatic rings. The van der Waals surface area contributed by atoms with E-state index in [1.54, 1.807) is 12.4 Å². The summed E-state index contributed by atoms with van der Waals surface area (Å²) in [5, 5.41) is 2.89. The van der Waals surface area contributed by atoms with E-state index in [-0.39, 0.29) is 5.91 Å². The molecule has 1 N–H and O–H groups in total. The minimum absolute atomic E-state index is 0.191. The van der Waals surface area contributed by atoms with Crippen molar-refractivity contribution in [3.05, 3.63) is 83.7 Å². The summed E-state index contributed by atoms with van der Waals surface area (Å²) in [5.74, 6) is 1.21. The first-order chi connectivity index (χ1) is 14.2. The highest BCUT2D eigenvalue weighted by Crippen LogP contribution is 2.24. The van der Waals surface area contributed by atoms with E-state index >= 15 is 0 Å². The maximum absolute atomic E-state index is 12.4. The molecule has 0 saturated carbocycles. The average molecular weight is 386 g/mol. The number of hydrogen-bond donors (Lipinski definition) is 1. The number of nitrogens with one attached hydrogen (secondary N) is 1. The van der Waals surface area contributed by atoms with Crippen LogP contribution in [0.5, 0.6) is 0 Å². The zero-order valence-corrected chi connectivity index (χ0v) is 16.7. The molecule has 0 atom stereocenters. The summed E-state index contributed by atoms with van der Waals surface area (Å²) in [6.45, 7) is 3.90. The topological polar surface area (TPSA) is 58.1 Å². The third kappa shape index (κ3) is 4.99. The molecule has 0 aliphatic carbocycles. The molecule has 0 spiro atoms. The fraction of sp³-hybridized carbons (Fsp3) is 0.292. The summed E-state index contributed by atoms with van der Waals surface area (Å²) in [7, 11) is 0. The number of carbonyl (C=O) groups is 1. The van der Waals surface area contributed by atoms with Crippen LogP contribution in [-0.2, 0) is 6.42 Å². The van der Waals surface area contributed by atoms with E-state index < -0.39 is 0 Å². The molecule has 0 radical (unpaired) electrons. The minimum Gasteiger partial charge on any atom is -0.341 e. The van der Waals surface area contributed by atoms with E-state index in [1.807, 2.05) is 31.2 Å². The predicted molar refractivity (Wildman–Crippen MR) is 116 cm³/mol. The van der Waals surface area contributed by atoms with Gasteiger partial charge in [0.2, 0.25) is 5.95 Å². The quantitative estimate of drug-likeness (QED) is 0.702. The van der Waals surface area contributed by atoms with Gasteiger partial charge in [-0.05, 0) is 55.4 Å². The van der Waals surface area contributed by atoms with Crippen molar-refractivity contribution in [2.24, 2.45) is 5.92 Å². The van der Waals surface area contributed by atoms with Gasteiger partial charge in [0.1, 0.15) is 0 Å². The van der Waals surface area contributed by atoms with Gasteiger partial charge in [0, 0.05) is 31.2 Å². The van der Waals surface area contributed by atoms with Gasteiger partial charge in [0.05, 0.1) is 5.56 Å². The highest BCUT2D eigenvalue weighted by atomic mass is 16.1. The Labute approximate surface area is 171 Å². The SMILES string of the molecule is Cc1cccc(NC(=O)c2cnc(N3CCC(Cc4ccccc4)CC3)nc2)c1. The third-order valence-electron chi connectivity index (χ3n) is 5.44. The molecule has 29 heavy (non-hydrogen) atoms. The molecule has 5 heteroatoms. The number of benzene rings is 2. The van der Waals surface area contributed by atoms with Crippen LogP contribution in [0.25, 0.3) is 0 Å². The summed E-state index contributed by atoms with van der Waals surface area (Å²) in [4.78, 5) is 23.5. The molecule has 2 aromatic carbocycles. The lowest BCUT2D eigenvalue weighted by Gasteiger charge is -2.32. The fourth-order valence-corrected chi connectivity index (χ4v) is 3.81. The molecule has 3 aromatic rings. The van der Waals surface area contributed by atoms with Crippen LogP contribution < -0.4 is 10.2 Å². The Balaban J connectivity index is 1.32. The Morgan fingerprint density at radius 2 is 1.76 bits per heavy atom. The lowest BCUT2D eigenvalue weighted by Crippen LogP contribution is -2.35. The number of anilines is 2. The number of rotatable bonds is 5. The van der Waals surface area contributed by atoms with E-state index in [0.717, 1.165) is 43.6 Å². The van der Waals surface area contributed by atoms with Gasteiger partial charge in [-0.25, -0.2) is 9.97 Å². The second kappa shape index (κ2) is 8.86. The predicted octanol–water partition coefficient (Wildman–Crippen LogP) is 4.50. The van der Waals surface area contributed by atoms with Crippen LogP contribution in [0.3, 0.4) is 0 Å². The van der Waals surface area contributed by atoms with Crippen molar-refractivity contribution in [1.82, 2.24) is 9.97 Å². The monoisotopic (exact) mass is 386 g/mol. The second-order valence-electron chi connectivity index (χ2n) is 7.72. The van der Waals surface area contributed by atoms with Crippen LogP contribution in [0.15, 0.2) is 67.0 Å². The van der Waals surface area contributed by atoms with Crippen LogP contribution >= 0.6 is 0 Å². The van der Waals surface area contributed by atoms with Crippen LogP contribution in [0.1, 0.15) is 34.3 Å². The van der Waals surface area contributed by atoms with Gasteiger partial charge in [0.15, 0.2) is 0 Å². The lowest BCUT2D eigenvalue weighted by atomic mass is 9.90. The molecule has 2 heterocycles. The first-order valence-electron chi connectivity index (χ1n) is 10.2. The third-order valence-corrected chi connectivity index (χ3v) is 5.44. The van der Waals surface area contributed by atoms with Crippen LogP contribution in [0.4, 0.5) is 11.6 Å². The maximum atomic E-state index is 12.4. The van der Waals surface area contributed by atoms with Crippen molar-refractivity contribution in [1.29, 1.82) is 0 Å². The smallest absolute Gasteiger partial charge is 0.258 e. The van der Waals surface area contributed by atoms with Crippen molar-refractivity contribution in [2.75, 3.05) is 23.3 Å². The van der Waals surface area contributed by atoms with Gasteiger partial charge in [-0.15, -0.1) is 0 Å². The maximum Gasteiger partial charge on any atom is 0.258 e. The molecule has 0 bridgehead atoms. The van der Waals surface area contributed by atoms with Gasteiger partial charge in [-0.2, -0.15) is 0 Å². The summed E-state index contributed by atoms with van der Waals surface area (Å²) in [5.41, 5.74) is 3.75. The van der Waals surface area contributed by atoms with E-state index in [4.69, 9.17) is 0 Å². The highest BCUT2D eigenvalue weighted by Gasteiger charge is 2.21. The number of aryl methyl sites for hydroxylation is 1. The summed E-state index contributed by atoms with van der Waals surface area (Å²) < 4.78 is 0. The Morgan fingerprint density at radius 3 is 2.45 bits per heavy atom. The first kappa shape index (κ1) is 19.1. The van der Waals surface area contributed by atoms with Crippen LogP contribution in [0.2, 0.25) is 0 Å². The van der Waals surface area contributed by atoms with Crippen molar-refractivity contribution >= 4 is 17.5 Å². The Bertz CT molecular complexity index is 948. The van der Waals surface area contributed by atoms with Gasteiger partial charge in [0.25, 0.3) is 5.91 Å². The van der Waals surface area contributed by atoms with Crippen LogP contribution in [-0.4, -0.2) is 29.0 Å². The van der Waals surface area contributed by atoms with E-state index in [9.17, 15) is 4.79 Å². The van der Waals surface area contributed by atoms with Gasteiger partial charge in [-0.3, -0.25) is 4.79 Å². The molecule has 1 fully saturated rings. The Kier molecular flexibility index (Phi) is 5.84. The molecule has 4 rings (SSSR count). The number of nitrogens with zero attached hydrogens (tertiary/aromatic N) is 3. The molecule has 1 amide bonds. The number of hydrogen-bond acceptors (Lipinski definition) is 4. The van der Waals surface area contributed by atoms with Crippen molar-refractivity contribution in [3.8, 4) is 0 Å². The number of amides is 1. The average Bonchev–Trinajstić information content (AvgIpc) is 2.75. The Morgan fingerprint density at radius 1 is 1.03 bits per heavy atom. The molecular weight excluding hydrogens is 360 g/mol. The summed E-state index contributed by atoms with van der Waals surface area (Å²) in [6, 6.07) is 18.4. The van der Waals surface area contributed by atoms with E-state index in [0.29, 0.717) is 17.4 Å². The summed E-state index contributed by atoms with van der Waals surface area (Å²) in [6.07, 6.45) is 6.63. The molecule has 148 valence electrons. The van der Waals surface area contributed by atoms with Crippen molar-refractivity contribution in [2.45, 2.75) is 26.2 Å². The number of carbonyl (C=O) groups excluding carboxylic acids is 1. The minimum atomic E-state index is -0.191. The highest BCUT2D eigenvalue weighted by molar-refractivity contribution is 6.03. The Hall–Kier alpha value is -3.21. The summed E-state index contributed by atoms with van der Waals surface area (Å²) >= 11 is 0. The lowest BCUT2D eigenvalue weighted by molar-refractivity contribution is 0.102. The van der Waals surface area contributed by atoms with Crippen molar-refractivity contribution < 1.29 is 4.79 Å². The molecule has 0 unspecified atom stereocenters. The fourth-order valence-electron chi connectivity index (χ4n) is 3.81. The second-order valence-corrected chi connectivity index (χ2v) is 7.72. The molecule has 1 saturated heterocycles. The van der Waals surface area contributed by atoms with Crippen molar-refractivity contribution in [3.63, 3.8) is 0 Å². The number of aromatic nitrogens is 2. The zero-order valence-electron chi connectivity index (χ0n) is 16.7. The molecule has 1 aromatic heterocycles. The number of piperidine rings is 1. The first-order valence-corrected chi connectivity index (χ1v) is 10.2. The van der Waals surface area contributed by atoms with Crippen LogP contribution in [0, 0.1) is 12.8 Å². The van der Waals surface area contributed by atoms with Gasteiger partial charge in [-0.1, -0.05) is 42.5 Å². The molecule has 5 nitrogen and oxygen atoms in total. The molecular formula is C24H26N4O. The zero-order chi connectivity index (χ0) is 20.1. The standard InChI is InChI=1S/C24H26N4O/c1-18-6-5-9-22(14-18)27-23(29)21-16-25-24(26-17-21)28-12-10-20(11-13-28)15-19-7-3-2-4-8-19/h2-9,14,16-17,20H,10-13,15H2,1H3,(H,27,29). The van der Waals surface area contributed by atoms with Gasteiger partial charge < -0.3 is 10.2 Å². The molecule has 1 aliphatic heterocycles. The largest absolute Gasteiger partial charge is 0.341 e. The normalized spacial score (nSPS) is 14.6.